The Bertz CT molecular complexity index is 1350. The molecule has 0 radical (unpaired) electrons. The van der Waals surface area contributed by atoms with Crippen LogP contribution in [-0.4, -0.2) is 65.1 Å². The van der Waals surface area contributed by atoms with E-state index in [0.29, 0.717) is 63.0 Å². The fraction of sp³-hybridized carbons (Fsp3) is 0.333. The molecule has 2 amide bonds. The molecule has 2 aliphatic rings. The van der Waals surface area contributed by atoms with E-state index >= 15 is 0 Å². The number of phenolic OH excluding ortho intramolecular Hbond substituents is 1. The molecule has 204 valence electrons. The van der Waals surface area contributed by atoms with Gasteiger partial charge in [-0.1, -0.05) is 18.2 Å². The molecule has 2 fully saturated rings. The highest BCUT2D eigenvalue weighted by atomic mass is 19.1. The molecule has 3 aromatic rings. The molecule has 0 aliphatic carbocycles. The van der Waals surface area contributed by atoms with Crippen molar-refractivity contribution >= 4 is 11.8 Å². The number of carbonyl (C=O) groups excluding carboxylic acids is 2. The zero-order valence-corrected chi connectivity index (χ0v) is 21.3. The Hall–Kier alpha value is -3.85. The lowest BCUT2D eigenvalue weighted by Gasteiger charge is -2.37. The zero-order valence-electron chi connectivity index (χ0n) is 21.3. The summed E-state index contributed by atoms with van der Waals surface area (Å²) in [6.45, 7) is 1.72. The summed E-state index contributed by atoms with van der Waals surface area (Å²) in [5, 5.41) is 9.59. The molecule has 0 spiro atoms. The van der Waals surface area contributed by atoms with Crippen LogP contribution in [-0.2, 0) is 4.74 Å². The predicted molar refractivity (Wildman–Crippen MR) is 139 cm³/mol. The van der Waals surface area contributed by atoms with Gasteiger partial charge in [0, 0.05) is 26.2 Å². The van der Waals surface area contributed by atoms with Gasteiger partial charge in [0.05, 0.1) is 23.3 Å². The van der Waals surface area contributed by atoms with Crippen LogP contribution < -0.4 is 0 Å². The van der Waals surface area contributed by atoms with Gasteiger partial charge in [-0.2, -0.15) is 0 Å². The maximum absolute atomic E-state index is 14.8. The lowest BCUT2D eigenvalue weighted by Crippen LogP contribution is -2.45. The van der Waals surface area contributed by atoms with Gasteiger partial charge < -0.3 is 19.6 Å². The number of nitrogens with zero attached hydrogens (tertiary/aromatic N) is 2. The van der Waals surface area contributed by atoms with Crippen molar-refractivity contribution in [2.45, 2.75) is 37.9 Å². The maximum atomic E-state index is 14.8. The van der Waals surface area contributed by atoms with Crippen molar-refractivity contribution in [2.75, 3.05) is 26.2 Å². The molecule has 0 atom stereocenters. The molecule has 1 N–H and O–H groups in total. The number of halogens is 3. The van der Waals surface area contributed by atoms with E-state index in [-0.39, 0.29) is 40.8 Å². The van der Waals surface area contributed by atoms with Gasteiger partial charge in [0.1, 0.15) is 23.2 Å². The van der Waals surface area contributed by atoms with E-state index in [1.165, 1.54) is 30.3 Å². The summed E-state index contributed by atoms with van der Waals surface area (Å²) >= 11 is 0. The number of likely N-dealkylation sites (tertiary alicyclic amines) is 2. The Balaban J connectivity index is 1.10. The van der Waals surface area contributed by atoms with Gasteiger partial charge in [0.15, 0.2) is 0 Å². The van der Waals surface area contributed by atoms with Crippen LogP contribution in [0.15, 0.2) is 60.7 Å². The number of piperidine rings is 2. The first-order chi connectivity index (χ1) is 18.8. The van der Waals surface area contributed by atoms with Crippen LogP contribution in [0.3, 0.4) is 0 Å². The fourth-order valence-electron chi connectivity index (χ4n) is 5.19. The van der Waals surface area contributed by atoms with E-state index in [1.54, 1.807) is 28.0 Å². The molecule has 39 heavy (non-hydrogen) atoms. The second-order valence-corrected chi connectivity index (χ2v) is 9.98. The minimum Gasteiger partial charge on any atom is -0.508 e. The van der Waals surface area contributed by atoms with Crippen molar-refractivity contribution in [1.29, 1.82) is 0 Å². The maximum Gasteiger partial charge on any atom is 0.256 e. The molecule has 5 rings (SSSR count). The van der Waals surface area contributed by atoms with Crippen LogP contribution in [0, 0.1) is 17.5 Å². The number of hydrogen-bond donors (Lipinski definition) is 1. The van der Waals surface area contributed by atoms with E-state index < -0.39 is 17.5 Å². The normalized spacial score (nSPS) is 16.9. The van der Waals surface area contributed by atoms with Gasteiger partial charge in [-0.15, -0.1) is 0 Å². The first-order valence-electron chi connectivity index (χ1n) is 13.1. The number of aromatic hydroxyl groups is 1. The Kier molecular flexibility index (Phi) is 7.88. The Morgan fingerprint density at radius 3 is 1.77 bits per heavy atom. The minimum atomic E-state index is -0.666. The molecule has 0 unspecified atom stereocenters. The lowest BCUT2D eigenvalue weighted by atomic mass is 10.0. The topological polar surface area (TPSA) is 70.1 Å². The fourth-order valence-corrected chi connectivity index (χ4v) is 5.19. The minimum absolute atomic E-state index is 0.000408. The third kappa shape index (κ3) is 6.09. The summed E-state index contributed by atoms with van der Waals surface area (Å²) in [5.41, 5.74) is 1.08. The van der Waals surface area contributed by atoms with E-state index in [2.05, 4.69) is 0 Å². The average molecular weight is 539 g/mol. The molecule has 2 saturated heterocycles. The Labute approximate surface area is 224 Å². The molecular formula is C30H29F3N2O4. The van der Waals surface area contributed by atoms with Crippen LogP contribution in [0.4, 0.5) is 13.2 Å². The highest BCUT2D eigenvalue weighted by molar-refractivity contribution is 5.95. The summed E-state index contributed by atoms with van der Waals surface area (Å²) in [6, 6.07) is 13.6. The first kappa shape index (κ1) is 26.7. The first-order valence-corrected chi connectivity index (χ1v) is 13.1. The second-order valence-electron chi connectivity index (χ2n) is 9.98. The number of hydrogen-bond acceptors (Lipinski definition) is 4. The van der Waals surface area contributed by atoms with E-state index in [0.717, 1.165) is 12.1 Å². The molecule has 0 aromatic heterocycles. The third-order valence-corrected chi connectivity index (χ3v) is 7.40. The Morgan fingerprint density at radius 2 is 1.21 bits per heavy atom. The van der Waals surface area contributed by atoms with Crippen molar-refractivity contribution in [1.82, 2.24) is 9.80 Å². The zero-order chi connectivity index (χ0) is 27.5. The summed E-state index contributed by atoms with van der Waals surface area (Å²) in [5.74, 6) is -2.64. The van der Waals surface area contributed by atoms with E-state index in [9.17, 15) is 27.9 Å². The highest BCUT2D eigenvalue weighted by Gasteiger charge is 2.30. The Morgan fingerprint density at radius 1 is 0.667 bits per heavy atom. The van der Waals surface area contributed by atoms with Crippen molar-refractivity contribution < 1.29 is 32.6 Å². The van der Waals surface area contributed by atoms with Crippen molar-refractivity contribution in [2.24, 2.45) is 0 Å². The lowest BCUT2D eigenvalue weighted by molar-refractivity contribution is -0.0593. The van der Waals surface area contributed by atoms with Crippen molar-refractivity contribution in [3.8, 4) is 16.9 Å². The molecule has 0 bridgehead atoms. The van der Waals surface area contributed by atoms with Gasteiger partial charge in [-0.25, -0.2) is 13.2 Å². The number of amides is 2. The van der Waals surface area contributed by atoms with Crippen LogP contribution in [0.5, 0.6) is 5.75 Å². The number of ether oxygens (including phenoxy) is 1. The summed E-state index contributed by atoms with van der Waals surface area (Å²) in [6.07, 6.45) is 2.36. The molecule has 6 nitrogen and oxygen atoms in total. The van der Waals surface area contributed by atoms with Gasteiger partial charge in [-0.3, -0.25) is 9.59 Å². The second kappa shape index (κ2) is 11.5. The van der Waals surface area contributed by atoms with Gasteiger partial charge >= 0.3 is 0 Å². The quantitative estimate of drug-likeness (QED) is 0.472. The monoisotopic (exact) mass is 538 g/mol. The summed E-state index contributed by atoms with van der Waals surface area (Å²) in [7, 11) is 0. The SMILES string of the molecule is O=C(c1ccc(-c2ccc(F)cc2)cc1F)N1CCC(OC2CCN(C(=O)c3cc(O)ccc3F)CC2)CC1. The van der Waals surface area contributed by atoms with Gasteiger partial charge in [-0.05, 0) is 79.3 Å². The summed E-state index contributed by atoms with van der Waals surface area (Å²) in [4.78, 5) is 28.8. The van der Waals surface area contributed by atoms with Crippen LogP contribution in [0.25, 0.3) is 11.1 Å². The molecule has 2 aliphatic heterocycles. The summed E-state index contributed by atoms with van der Waals surface area (Å²) < 4.78 is 48.3. The molecule has 0 saturated carbocycles. The standard InChI is InChI=1S/C30H29F3N2O4/c31-21-4-1-19(2-5-21)20-3-7-25(28(33)17-20)29(37)34-13-9-23(10-14-34)39-24-11-15-35(16-12-24)30(38)26-18-22(36)6-8-27(26)32/h1-8,17-18,23-24,36H,9-16H2. The van der Waals surface area contributed by atoms with Crippen LogP contribution in [0.1, 0.15) is 46.4 Å². The van der Waals surface area contributed by atoms with Crippen molar-refractivity contribution in [3.63, 3.8) is 0 Å². The molecule has 2 heterocycles. The van der Waals surface area contributed by atoms with Crippen molar-refractivity contribution in [3.05, 3.63) is 89.2 Å². The molecular weight excluding hydrogens is 509 g/mol. The molecule has 3 aromatic carbocycles. The van der Waals surface area contributed by atoms with E-state index in [1.807, 2.05) is 0 Å². The van der Waals surface area contributed by atoms with Gasteiger partial charge in [0.25, 0.3) is 11.8 Å². The number of rotatable bonds is 5. The van der Waals surface area contributed by atoms with Crippen LogP contribution in [0.2, 0.25) is 0 Å². The number of carbonyl (C=O) groups is 2. The third-order valence-electron chi connectivity index (χ3n) is 7.40. The van der Waals surface area contributed by atoms with Gasteiger partial charge in [0.2, 0.25) is 0 Å². The number of benzene rings is 3. The smallest absolute Gasteiger partial charge is 0.256 e. The van der Waals surface area contributed by atoms with Crippen LogP contribution >= 0.6 is 0 Å². The number of phenols is 1. The molecule has 9 heteroatoms. The predicted octanol–water partition coefficient (Wildman–Crippen LogP) is 5.40. The van der Waals surface area contributed by atoms with E-state index in [4.69, 9.17) is 4.74 Å². The largest absolute Gasteiger partial charge is 0.508 e. The average Bonchev–Trinajstić information content (AvgIpc) is 2.95. The highest BCUT2D eigenvalue weighted by Crippen LogP contribution is 2.26.